The molecule has 8 heavy (non-hydrogen) atoms. The van der Waals surface area contributed by atoms with Gasteiger partial charge in [-0.2, -0.15) is 5.10 Å². The fraction of sp³-hybridized carbons (Fsp3) is 0.500. The van der Waals surface area contributed by atoms with Crippen molar-refractivity contribution in [1.29, 1.82) is 0 Å². The third kappa shape index (κ3) is 0.840. The Morgan fingerprint density at radius 2 is 2.88 bits per heavy atom. The Morgan fingerprint density at radius 1 is 2.12 bits per heavy atom. The first kappa shape index (κ1) is 4.03. The van der Waals surface area contributed by atoms with Crippen LogP contribution in [0, 0.1) is 0 Å². The largest absolute Gasteiger partial charge is 0.388 e. The van der Waals surface area contributed by atoms with Gasteiger partial charge in [0.1, 0.15) is 14.3 Å². The van der Waals surface area contributed by atoms with E-state index in [1.165, 1.54) is 4.68 Å². The molecule has 0 saturated carbocycles. The van der Waals surface area contributed by atoms with Gasteiger partial charge >= 0.3 is 0 Å². The maximum Gasteiger partial charge on any atom is 0.175 e. The van der Waals surface area contributed by atoms with E-state index in [0.717, 1.165) is 0 Å². The summed E-state index contributed by atoms with van der Waals surface area (Å²) < 4.78 is 8.32. The van der Waals surface area contributed by atoms with Crippen molar-refractivity contribution < 1.29 is 6.48 Å². The van der Waals surface area contributed by atoms with E-state index in [4.69, 9.17) is 6.48 Å². The zero-order valence-electron chi connectivity index (χ0n) is 5.50. The van der Waals surface area contributed by atoms with Crippen molar-refractivity contribution in [1.82, 2.24) is 14.8 Å². The highest BCUT2D eigenvalue weighted by atomic mass is 16.3. The minimum Gasteiger partial charge on any atom is -0.388 e. The van der Waals surface area contributed by atoms with Crippen LogP contribution >= 0.6 is 0 Å². The summed E-state index contributed by atoms with van der Waals surface area (Å²) in [7, 11) is 1.61. The summed E-state index contributed by atoms with van der Waals surface area (Å²) in [6.45, 7) is -0.202. The highest BCUT2D eigenvalue weighted by Crippen LogP contribution is 1.83. The Morgan fingerprint density at radius 3 is 3.12 bits per heavy atom. The molecule has 0 bridgehead atoms. The number of aryl methyl sites for hydroxylation is 1. The number of aliphatic hydroxyl groups is 1. The number of nitrogens with zero attached hydrogens (tertiary/aromatic N) is 3. The minimum atomic E-state index is -0.202. The zero-order chi connectivity index (χ0) is 6.85. The van der Waals surface area contributed by atoms with Crippen LogP contribution in [0.4, 0.5) is 0 Å². The third-order valence-corrected chi connectivity index (χ3v) is 0.731. The van der Waals surface area contributed by atoms with E-state index in [1.54, 1.807) is 7.05 Å². The average molecular weight is 114 g/mol. The van der Waals surface area contributed by atoms with Crippen LogP contribution in [0.3, 0.4) is 0 Å². The normalized spacial score (nSPS) is 11.5. The second-order valence-electron chi connectivity index (χ2n) is 1.41. The molecule has 1 N–H and O–H groups in total. The highest BCUT2D eigenvalue weighted by molar-refractivity contribution is 4.75. The SMILES string of the molecule is [2H]c1nc(CO)nn1C. The maximum absolute atomic E-state index is 8.45. The summed E-state index contributed by atoms with van der Waals surface area (Å²) in [6.07, 6.45) is 0.0686. The van der Waals surface area contributed by atoms with Gasteiger partial charge in [-0.1, -0.05) is 0 Å². The first-order chi connectivity index (χ1) is 4.24. The molecular formula is C4H7N3O. The monoisotopic (exact) mass is 114 g/mol. The van der Waals surface area contributed by atoms with Crippen LogP contribution in [0.1, 0.15) is 7.20 Å². The molecule has 1 aromatic rings. The molecule has 0 unspecified atom stereocenters. The van der Waals surface area contributed by atoms with Crippen LogP contribution in [0.2, 0.25) is 0 Å². The average Bonchev–Trinajstić information content (AvgIpc) is 2.13. The molecule has 44 valence electrons. The molecule has 0 aliphatic heterocycles. The van der Waals surface area contributed by atoms with Crippen LogP contribution in [-0.4, -0.2) is 19.9 Å². The van der Waals surface area contributed by atoms with Crippen LogP contribution in [0.15, 0.2) is 6.30 Å². The predicted molar refractivity (Wildman–Crippen MR) is 26.9 cm³/mol. The van der Waals surface area contributed by atoms with Gasteiger partial charge in [0, 0.05) is 7.05 Å². The Kier molecular flexibility index (Phi) is 0.964. The van der Waals surface area contributed by atoms with Gasteiger partial charge in [0.15, 0.2) is 5.82 Å². The predicted octanol–water partition coefficient (Wildman–Crippen LogP) is -0.693. The van der Waals surface area contributed by atoms with Crippen LogP contribution in [0.25, 0.3) is 0 Å². The molecule has 0 fully saturated rings. The molecule has 1 rings (SSSR count). The van der Waals surface area contributed by atoms with Crippen molar-refractivity contribution in [3.8, 4) is 0 Å². The number of aliphatic hydroxyl groups excluding tert-OH is 1. The summed E-state index contributed by atoms with van der Waals surface area (Å²) in [4.78, 5) is 3.60. The first-order valence-electron chi connectivity index (χ1n) is 2.71. The lowest BCUT2D eigenvalue weighted by Gasteiger charge is -1.80. The summed E-state index contributed by atoms with van der Waals surface area (Å²) in [5.41, 5.74) is 0. The Bertz CT molecular complexity index is 190. The smallest absolute Gasteiger partial charge is 0.175 e. The van der Waals surface area contributed by atoms with Gasteiger partial charge in [-0.25, -0.2) is 4.98 Å². The van der Waals surface area contributed by atoms with Crippen LogP contribution in [0.5, 0.6) is 0 Å². The molecular weight excluding hydrogens is 106 g/mol. The summed E-state index contributed by atoms with van der Waals surface area (Å²) in [6, 6.07) is 0. The molecule has 0 atom stereocenters. The van der Waals surface area contributed by atoms with E-state index >= 15 is 0 Å². The molecule has 0 saturated heterocycles. The van der Waals surface area contributed by atoms with E-state index in [0.29, 0.717) is 5.82 Å². The molecule has 4 heteroatoms. The van der Waals surface area contributed by atoms with Gasteiger partial charge in [0.25, 0.3) is 0 Å². The minimum absolute atomic E-state index is 0.0686. The number of hydrogen-bond acceptors (Lipinski definition) is 3. The lowest BCUT2D eigenvalue weighted by Crippen LogP contribution is -1.90. The summed E-state index contributed by atoms with van der Waals surface area (Å²) in [5, 5.41) is 12.2. The van der Waals surface area contributed by atoms with Crippen molar-refractivity contribution in [3.05, 3.63) is 12.1 Å². The van der Waals surface area contributed by atoms with Crippen molar-refractivity contribution in [3.63, 3.8) is 0 Å². The molecule has 0 spiro atoms. The van der Waals surface area contributed by atoms with Crippen molar-refractivity contribution in [2.24, 2.45) is 7.05 Å². The van der Waals surface area contributed by atoms with E-state index in [9.17, 15) is 0 Å². The van der Waals surface area contributed by atoms with Crippen molar-refractivity contribution >= 4 is 0 Å². The summed E-state index contributed by atoms with van der Waals surface area (Å²) >= 11 is 0. The Balaban J connectivity index is 2.98. The molecule has 0 aliphatic carbocycles. The Hall–Kier alpha value is -0.900. The fourth-order valence-corrected chi connectivity index (χ4v) is 0.415. The van der Waals surface area contributed by atoms with Crippen molar-refractivity contribution in [2.75, 3.05) is 0 Å². The van der Waals surface area contributed by atoms with E-state index in [2.05, 4.69) is 10.1 Å². The lowest BCUT2D eigenvalue weighted by molar-refractivity contribution is 0.271. The van der Waals surface area contributed by atoms with Gasteiger partial charge in [-0.05, 0) is 0 Å². The topological polar surface area (TPSA) is 50.9 Å². The third-order valence-electron chi connectivity index (χ3n) is 0.731. The van der Waals surface area contributed by atoms with E-state index in [-0.39, 0.29) is 12.9 Å². The lowest BCUT2D eigenvalue weighted by atomic mass is 10.7. The van der Waals surface area contributed by atoms with Gasteiger partial charge in [0.05, 0.1) is 0 Å². The Labute approximate surface area is 48.2 Å². The zero-order valence-corrected chi connectivity index (χ0v) is 4.50. The molecule has 0 aliphatic rings. The highest BCUT2D eigenvalue weighted by Gasteiger charge is 1.91. The number of aromatic nitrogens is 3. The van der Waals surface area contributed by atoms with Gasteiger partial charge in [-0.3, -0.25) is 4.68 Å². The molecule has 0 aromatic carbocycles. The molecule has 4 nitrogen and oxygen atoms in total. The molecule has 0 amide bonds. The van der Waals surface area contributed by atoms with Crippen LogP contribution in [-0.2, 0) is 13.7 Å². The number of rotatable bonds is 1. The number of hydrogen-bond donors (Lipinski definition) is 1. The maximum atomic E-state index is 8.45. The van der Waals surface area contributed by atoms with Crippen molar-refractivity contribution in [2.45, 2.75) is 6.61 Å². The van der Waals surface area contributed by atoms with E-state index < -0.39 is 0 Å². The van der Waals surface area contributed by atoms with Gasteiger partial charge < -0.3 is 5.11 Å². The fourth-order valence-electron chi connectivity index (χ4n) is 0.415. The second kappa shape index (κ2) is 1.92. The van der Waals surface area contributed by atoms with E-state index in [1.807, 2.05) is 0 Å². The standard InChI is InChI=1S/C4H7N3O/c1-7-3-5-4(2-8)6-7/h3,8H,2H2,1H3/i3D. The van der Waals surface area contributed by atoms with Crippen LogP contribution < -0.4 is 0 Å². The first-order valence-corrected chi connectivity index (χ1v) is 2.21. The second-order valence-corrected chi connectivity index (χ2v) is 1.41. The van der Waals surface area contributed by atoms with Gasteiger partial charge in [0.2, 0.25) is 0 Å². The molecule has 1 heterocycles. The summed E-state index contributed by atoms with van der Waals surface area (Å²) in [5.74, 6) is 0.294. The molecule has 1 aromatic heterocycles. The molecule has 0 radical (unpaired) electrons. The quantitative estimate of drug-likeness (QED) is 0.525. The van der Waals surface area contributed by atoms with Gasteiger partial charge in [-0.15, -0.1) is 0 Å².